The van der Waals surface area contributed by atoms with Gasteiger partial charge < -0.3 is 0 Å². The summed E-state index contributed by atoms with van der Waals surface area (Å²) in [5.41, 5.74) is 4.42. The second-order valence-corrected chi connectivity index (χ2v) is 10.8. The Morgan fingerprint density at radius 3 is 2.50 bits per heavy atom. The van der Waals surface area contributed by atoms with Gasteiger partial charge in [-0.05, 0) is 48.2 Å². The monoisotopic (exact) mass is 465 g/mol. The largest absolute Gasteiger partial charge is 0.283 e. The fourth-order valence-electron chi connectivity index (χ4n) is 3.56. The van der Waals surface area contributed by atoms with E-state index in [4.69, 9.17) is 0 Å². The molecule has 6 nitrogen and oxygen atoms in total. The highest BCUT2D eigenvalue weighted by Crippen LogP contribution is 2.33. The highest BCUT2D eigenvalue weighted by molar-refractivity contribution is 7.91. The molecular formula is C24H23N3O3S2. The molecule has 4 aromatic rings. The quantitative estimate of drug-likeness (QED) is 0.403. The maximum atomic E-state index is 13.3. The minimum absolute atomic E-state index is 0.182. The van der Waals surface area contributed by atoms with Crippen molar-refractivity contribution < 1.29 is 13.2 Å². The fourth-order valence-corrected chi connectivity index (χ4v) is 5.93. The van der Waals surface area contributed by atoms with E-state index >= 15 is 0 Å². The first-order valence-electron chi connectivity index (χ1n) is 10.1. The van der Waals surface area contributed by atoms with Crippen LogP contribution in [0.2, 0.25) is 0 Å². The summed E-state index contributed by atoms with van der Waals surface area (Å²) in [5, 5.41) is 0.484. The van der Waals surface area contributed by atoms with Crippen LogP contribution in [0.15, 0.2) is 67.0 Å². The molecule has 8 heteroatoms. The molecule has 1 amide bonds. The van der Waals surface area contributed by atoms with E-state index < -0.39 is 21.5 Å². The number of fused-ring (bicyclic) bond motifs is 1. The number of hydrogen-bond acceptors (Lipinski definition) is 6. The van der Waals surface area contributed by atoms with Crippen LogP contribution in [0.3, 0.4) is 0 Å². The number of carbonyl (C=O) groups excluding carboxylic acids is 1. The van der Waals surface area contributed by atoms with E-state index in [2.05, 4.69) is 16.0 Å². The van der Waals surface area contributed by atoms with Crippen molar-refractivity contribution in [1.82, 2.24) is 9.97 Å². The molecule has 2 aromatic carbocycles. The maximum Gasteiger partial charge on any atom is 0.244 e. The molecule has 32 heavy (non-hydrogen) atoms. The first-order valence-corrected chi connectivity index (χ1v) is 12.8. The standard InChI is InChI=1S/C24H23N3O3S2/c1-17-11-18(2)23-21(12-17)26-24(31-23)27(14-20-9-6-10-25-13-20)22(28)16-32(29,30)15-19-7-4-3-5-8-19/h3-13H,14-16H2,1-2H3. The molecule has 0 aliphatic carbocycles. The van der Waals surface area contributed by atoms with Crippen LogP contribution in [-0.4, -0.2) is 30.0 Å². The van der Waals surface area contributed by atoms with Crippen molar-refractivity contribution in [3.8, 4) is 0 Å². The van der Waals surface area contributed by atoms with Gasteiger partial charge in [-0.3, -0.25) is 14.7 Å². The van der Waals surface area contributed by atoms with Crippen LogP contribution in [0.5, 0.6) is 0 Å². The van der Waals surface area contributed by atoms with Crippen molar-refractivity contribution in [3.63, 3.8) is 0 Å². The third kappa shape index (κ3) is 5.20. The van der Waals surface area contributed by atoms with Crippen molar-refractivity contribution in [2.75, 3.05) is 10.7 Å². The van der Waals surface area contributed by atoms with Crippen molar-refractivity contribution in [1.29, 1.82) is 0 Å². The molecule has 0 spiro atoms. The molecule has 0 N–H and O–H groups in total. The van der Waals surface area contributed by atoms with Crippen LogP contribution >= 0.6 is 11.3 Å². The molecule has 0 aliphatic heterocycles. The number of hydrogen-bond donors (Lipinski definition) is 0. The third-order valence-corrected chi connectivity index (χ3v) is 7.67. The van der Waals surface area contributed by atoms with Gasteiger partial charge in [-0.15, -0.1) is 0 Å². The van der Waals surface area contributed by atoms with Gasteiger partial charge in [0.1, 0.15) is 5.75 Å². The summed E-state index contributed by atoms with van der Waals surface area (Å²) in [5.74, 6) is -1.27. The highest BCUT2D eigenvalue weighted by Gasteiger charge is 2.26. The zero-order valence-electron chi connectivity index (χ0n) is 17.9. The fraction of sp³-hybridized carbons (Fsp3) is 0.208. The van der Waals surface area contributed by atoms with Crippen molar-refractivity contribution in [2.45, 2.75) is 26.1 Å². The Labute approximate surface area is 191 Å². The van der Waals surface area contributed by atoms with E-state index in [1.165, 1.54) is 16.2 Å². The topological polar surface area (TPSA) is 80.2 Å². The van der Waals surface area contributed by atoms with E-state index in [-0.39, 0.29) is 12.3 Å². The van der Waals surface area contributed by atoms with Gasteiger partial charge in [0, 0.05) is 12.4 Å². The van der Waals surface area contributed by atoms with Crippen molar-refractivity contribution >= 4 is 42.4 Å². The molecule has 164 valence electrons. The van der Waals surface area contributed by atoms with Crippen molar-refractivity contribution in [3.05, 3.63) is 89.2 Å². The van der Waals surface area contributed by atoms with E-state index in [9.17, 15) is 13.2 Å². The summed E-state index contributed by atoms with van der Waals surface area (Å²) in [6.45, 7) is 4.21. The van der Waals surface area contributed by atoms with E-state index in [0.29, 0.717) is 10.7 Å². The molecular weight excluding hydrogens is 442 g/mol. The summed E-state index contributed by atoms with van der Waals surface area (Å²) < 4.78 is 26.6. The molecule has 2 heterocycles. The summed E-state index contributed by atoms with van der Waals surface area (Å²) in [6, 6.07) is 16.6. The minimum Gasteiger partial charge on any atom is -0.283 e. The Kier molecular flexibility index (Phi) is 6.34. The molecule has 0 fully saturated rings. The second-order valence-electron chi connectivity index (χ2n) is 7.79. The predicted molar refractivity (Wildman–Crippen MR) is 128 cm³/mol. The van der Waals surface area contributed by atoms with E-state index in [1.807, 2.05) is 32.0 Å². The average molecular weight is 466 g/mol. The highest BCUT2D eigenvalue weighted by atomic mass is 32.2. The smallest absolute Gasteiger partial charge is 0.244 e. The number of amides is 1. The van der Waals surface area contributed by atoms with Crippen LogP contribution in [-0.2, 0) is 26.9 Å². The summed E-state index contributed by atoms with van der Waals surface area (Å²) >= 11 is 1.40. The Bertz CT molecular complexity index is 1350. The lowest BCUT2D eigenvalue weighted by Gasteiger charge is -2.20. The van der Waals surface area contributed by atoms with Gasteiger partial charge in [0.15, 0.2) is 15.0 Å². The lowest BCUT2D eigenvalue weighted by Crippen LogP contribution is -2.35. The number of pyridine rings is 1. The molecule has 0 radical (unpaired) electrons. The Balaban J connectivity index is 1.66. The molecule has 2 aromatic heterocycles. The zero-order chi connectivity index (χ0) is 22.7. The number of thiazole rings is 1. The minimum atomic E-state index is -3.65. The SMILES string of the molecule is Cc1cc(C)c2sc(N(Cc3cccnc3)C(=O)CS(=O)(=O)Cc3ccccc3)nc2c1. The third-order valence-electron chi connectivity index (χ3n) is 4.98. The first kappa shape index (κ1) is 22.1. The molecule has 4 rings (SSSR count). The van der Waals surface area contributed by atoms with Gasteiger partial charge in [-0.25, -0.2) is 13.4 Å². The van der Waals surface area contributed by atoms with Crippen LogP contribution in [0.1, 0.15) is 22.3 Å². The van der Waals surface area contributed by atoms with E-state index in [1.54, 1.807) is 42.7 Å². The average Bonchev–Trinajstić information content (AvgIpc) is 3.16. The number of sulfone groups is 1. The molecule has 0 atom stereocenters. The first-order chi connectivity index (χ1) is 15.3. The lowest BCUT2D eigenvalue weighted by molar-refractivity contribution is -0.116. The summed E-state index contributed by atoms with van der Waals surface area (Å²) in [6.07, 6.45) is 3.32. The zero-order valence-corrected chi connectivity index (χ0v) is 19.5. The predicted octanol–water partition coefficient (Wildman–Crippen LogP) is 4.46. The Hall–Kier alpha value is -3.10. The van der Waals surface area contributed by atoms with Gasteiger partial charge in [-0.2, -0.15) is 0 Å². The normalized spacial score (nSPS) is 11.6. The molecule has 0 aliphatic rings. The summed E-state index contributed by atoms with van der Waals surface area (Å²) in [4.78, 5) is 23.5. The van der Waals surface area contributed by atoms with Gasteiger partial charge in [0.2, 0.25) is 5.91 Å². The van der Waals surface area contributed by atoms with Crippen LogP contribution in [0.4, 0.5) is 5.13 Å². The van der Waals surface area contributed by atoms with Gasteiger partial charge in [-0.1, -0.05) is 53.8 Å². The molecule has 0 saturated carbocycles. The van der Waals surface area contributed by atoms with Gasteiger partial charge in [0.25, 0.3) is 0 Å². The van der Waals surface area contributed by atoms with E-state index in [0.717, 1.165) is 26.9 Å². The Morgan fingerprint density at radius 2 is 1.78 bits per heavy atom. The lowest BCUT2D eigenvalue weighted by atomic mass is 10.1. The van der Waals surface area contributed by atoms with Crippen LogP contribution < -0.4 is 4.90 Å². The molecule has 0 unspecified atom stereocenters. The number of nitrogens with zero attached hydrogens (tertiary/aromatic N) is 3. The van der Waals surface area contributed by atoms with Crippen LogP contribution in [0, 0.1) is 13.8 Å². The second kappa shape index (κ2) is 9.18. The number of aryl methyl sites for hydroxylation is 2. The maximum absolute atomic E-state index is 13.3. The van der Waals surface area contributed by atoms with Crippen molar-refractivity contribution in [2.24, 2.45) is 0 Å². The number of anilines is 1. The van der Waals surface area contributed by atoms with Gasteiger partial charge in [0.05, 0.1) is 22.5 Å². The number of benzene rings is 2. The number of rotatable bonds is 7. The van der Waals surface area contributed by atoms with Crippen LogP contribution in [0.25, 0.3) is 10.2 Å². The molecule has 0 saturated heterocycles. The number of carbonyl (C=O) groups is 1. The number of aromatic nitrogens is 2. The molecule has 0 bridgehead atoms. The summed E-state index contributed by atoms with van der Waals surface area (Å²) in [7, 11) is -3.65. The van der Waals surface area contributed by atoms with Gasteiger partial charge >= 0.3 is 0 Å². The Morgan fingerprint density at radius 1 is 1.03 bits per heavy atom.